The lowest BCUT2D eigenvalue weighted by Crippen LogP contribution is -2.74. The fourth-order valence-electron chi connectivity index (χ4n) is 7.42. The zero-order valence-electron chi connectivity index (χ0n) is 29.9. The summed E-state index contributed by atoms with van der Waals surface area (Å²) in [6.45, 7) is 6.59. The highest BCUT2D eigenvalue weighted by atomic mass is 19.4. The fraction of sp³-hybridized carbons (Fsp3) is 0.400. The van der Waals surface area contributed by atoms with Gasteiger partial charge in [-0.15, -0.1) is 0 Å². The second-order valence-electron chi connectivity index (χ2n) is 14.3. The third-order valence-electron chi connectivity index (χ3n) is 10.4. The lowest BCUT2D eigenvalue weighted by atomic mass is 9.13. The van der Waals surface area contributed by atoms with E-state index in [-0.39, 0.29) is 21.9 Å². The average molecular weight is 776 g/mol. The van der Waals surface area contributed by atoms with E-state index in [1.807, 2.05) is 0 Å². The molecule has 0 atom stereocenters. The fourth-order valence-corrected chi connectivity index (χ4v) is 7.42. The molecule has 5 rings (SSSR count). The van der Waals surface area contributed by atoms with Crippen molar-refractivity contribution in [2.75, 3.05) is 26.7 Å². The van der Waals surface area contributed by atoms with Gasteiger partial charge in [-0.3, -0.25) is 0 Å². The Bertz CT molecular complexity index is 1510. The molecule has 1 aliphatic heterocycles. The molecule has 294 valence electrons. The van der Waals surface area contributed by atoms with Gasteiger partial charge in [-0.05, 0) is 32.1 Å². The molecule has 54 heavy (non-hydrogen) atoms. The third kappa shape index (κ3) is 10.4. The molecule has 0 N–H and O–H groups in total. The molecule has 0 spiro atoms. The molecule has 1 fully saturated rings. The second-order valence-corrected chi connectivity index (χ2v) is 14.3. The van der Waals surface area contributed by atoms with E-state index < -0.39 is 53.1 Å². The maximum atomic E-state index is 13.3. The molecule has 0 aromatic heterocycles. The van der Waals surface area contributed by atoms with Crippen LogP contribution in [0.3, 0.4) is 0 Å². The van der Waals surface area contributed by atoms with Crippen molar-refractivity contribution in [2.24, 2.45) is 0 Å². The Labute approximate surface area is 307 Å². The molecule has 0 radical (unpaired) electrons. The lowest BCUT2D eigenvalue weighted by molar-refractivity contribution is -0.914. The van der Waals surface area contributed by atoms with Gasteiger partial charge in [0.1, 0.15) is 6.15 Å². The minimum atomic E-state index is -4.77. The first-order valence-electron chi connectivity index (χ1n) is 17.8. The van der Waals surface area contributed by atoms with Gasteiger partial charge in [-0.1, -0.05) is 117 Å². The Balaban J connectivity index is 0.000000422. The molecule has 1 aliphatic rings. The van der Waals surface area contributed by atoms with Crippen molar-refractivity contribution < 1.29 is 57.2 Å². The summed E-state index contributed by atoms with van der Waals surface area (Å²) in [6.07, 6.45) is -11.9. The minimum absolute atomic E-state index is 0.0114. The zero-order valence-corrected chi connectivity index (χ0v) is 29.9. The van der Waals surface area contributed by atoms with Crippen LogP contribution < -0.4 is 21.9 Å². The van der Waals surface area contributed by atoms with Crippen LogP contribution in [0.25, 0.3) is 0 Å². The highest BCUT2D eigenvalue weighted by molar-refractivity contribution is 7.19. The van der Waals surface area contributed by atoms with Gasteiger partial charge in [0.05, 0.1) is 48.9 Å². The number of unbranched alkanes of at least 4 members (excludes halogenated alkanes) is 3. The van der Waals surface area contributed by atoms with Crippen molar-refractivity contribution >= 4 is 28.0 Å². The molecular weight excluding hydrogens is 733 g/mol. The van der Waals surface area contributed by atoms with Gasteiger partial charge < -0.3 is 4.48 Å². The summed E-state index contributed by atoms with van der Waals surface area (Å²) in [5.74, 6) is 0. The van der Waals surface area contributed by atoms with Crippen molar-refractivity contribution in [3.8, 4) is 0 Å². The number of halogens is 12. The smallest absolute Gasteiger partial charge is 0.326 e. The molecule has 1 nitrogen and oxygen atoms in total. The normalized spacial score (nSPS) is 15.4. The maximum Gasteiger partial charge on any atom is 0.416 e. The van der Waals surface area contributed by atoms with Crippen LogP contribution in [0.2, 0.25) is 0 Å². The van der Waals surface area contributed by atoms with Gasteiger partial charge in [0.25, 0.3) is 0 Å². The summed E-state index contributed by atoms with van der Waals surface area (Å²) in [6, 6.07) is 13.6. The molecule has 0 aliphatic carbocycles. The SMILES string of the molecule is CCCCCC[N+]1(C)CCCCC1.FC(F)(F)c1ccc([B-](c2ccc(C(F)(F)F)cc2)(c2ccc(C(F)(F)F)cc2)c2ccc(C(F)(F)F)cc2)cc1. The van der Waals surface area contributed by atoms with Gasteiger partial charge in [0.2, 0.25) is 0 Å². The molecule has 1 heterocycles. The Hall–Kier alpha value is -3.94. The zero-order chi connectivity index (χ0) is 40.0. The van der Waals surface area contributed by atoms with Crippen LogP contribution in [0.5, 0.6) is 0 Å². The van der Waals surface area contributed by atoms with Crippen LogP contribution in [0.4, 0.5) is 52.7 Å². The topological polar surface area (TPSA) is 0 Å². The summed E-state index contributed by atoms with van der Waals surface area (Å²) in [7, 11) is 2.45. The standard InChI is InChI=1S/C28H16BF12.C12H26N/c30-25(31,32)17-1-9-21(10-2-17)29(22-11-3-18(4-12-22)26(33,34)35,23-13-5-19(6-14-23)27(36,37)38)24-15-7-20(8-16-24)28(39,40)41;1-3-4-5-7-10-13(2)11-8-6-9-12-13/h1-16H;3-12H2,1-2H3/q-1;+1. The van der Waals surface area contributed by atoms with Gasteiger partial charge in [0.15, 0.2) is 0 Å². The Morgan fingerprint density at radius 2 is 0.704 bits per heavy atom. The highest BCUT2D eigenvalue weighted by Gasteiger charge is 2.38. The number of quaternary nitrogens is 1. The Morgan fingerprint density at radius 1 is 0.426 bits per heavy atom. The summed E-state index contributed by atoms with van der Waals surface area (Å²) in [4.78, 5) is 0. The predicted octanol–water partition coefficient (Wildman–Crippen LogP) is 10.3. The van der Waals surface area contributed by atoms with E-state index in [0.29, 0.717) is 48.5 Å². The largest absolute Gasteiger partial charge is 0.416 e. The van der Waals surface area contributed by atoms with Crippen LogP contribution in [-0.4, -0.2) is 37.3 Å². The Morgan fingerprint density at radius 3 is 0.944 bits per heavy atom. The number of hydrogen-bond acceptors (Lipinski definition) is 0. The highest BCUT2D eigenvalue weighted by Crippen LogP contribution is 2.32. The van der Waals surface area contributed by atoms with Crippen LogP contribution in [0.1, 0.15) is 74.1 Å². The van der Waals surface area contributed by atoms with E-state index in [1.54, 1.807) is 0 Å². The molecule has 4 aromatic rings. The van der Waals surface area contributed by atoms with Crippen LogP contribution in [-0.2, 0) is 24.7 Å². The maximum absolute atomic E-state index is 13.3. The second kappa shape index (κ2) is 16.8. The number of hydrogen-bond donors (Lipinski definition) is 0. The number of likely N-dealkylation sites (tertiary alicyclic amines) is 1. The minimum Gasteiger partial charge on any atom is -0.326 e. The van der Waals surface area contributed by atoms with E-state index in [4.69, 9.17) is 0 Å². The summed E-state index contributed by atoms with van der Waals surface area (Å²) in [5, 5.41) is 0. The first kappa shape index (κ1) is 42.8. The first-order chi connectivity index (χ1) is 25.1. The average Bonchev–Trinajstić information content (AvgIpc) is 3.10. The molecule has 14 heteroatoms. The van der Waals surface area contributed by atoms with E-state index >= 15 is 0 Å². The monoisotopic (exact) mass is 775 g/mol. The van der Waals surface area contributed by atoms with Crippen molar-refractivity contribution in [1.82, 2.24) is 0 Å². The van der Waals surface area contributed by atoms with E-state index in [1.165, 1.54) is 69.1 Å². The summed E-state index contributed by atoms with van der Waals surface area (Å²) in [5.41, 5.74) is -4.29. The number of alkyl halides is 12. The lowest BCUT2D eigenvalue weighted by Gasteiger charge is -2.44. The molecule has 0 bridgehead atoms. The Kier molecular flexibility index (Phi) is 13.3. The molecule has 4 aromatic carbocycles. The molecule has 0 saturated carbocycles. The van der Waals surface area contributed by atoms with Crippen molar-refractivity contribution in [2.45, 2.75) is 76.6 Å². The number of nitrogens with zero attached hydrogens (tertiary/aromatic N) is 1. The first-order valence-corrected chi connectivity index (χ1v) is 17.8. The van der Waals surface area contributed by atoms with Crippen molar-refractivity contribution in [3.63, 3.8) is 0 Å². The number of rotatable bonds is 9. The number of piperidine rings is 1. The van der Waals surface area contributed by atoms with E-state index in [0.717, 1.165) is 48.5 Å². The van der Waals surface area contributed by atoms with Gasteiger partial charge in [0, 0.05) is 0 Å². The quantitative estimate of drug-likeness (QED) is 0.0688. The third-order valence-corrected chi connectivity index (χ3v) is 10.4. The van der Waals surface area contributed by atoms with Gasteiger partial charge in [-0.2, -0.15) is 74.5 Å². The van der Waals surface area contributed by atoms with Crippen LogP contribution in [0.15, 0.2) is 97.1 Å². The summed E-state index contributed by atoms with van der Waals surface area (Å²) < 4.78 is 161. The summed E-state index contributed by atoms with van der Waals surface area (Å²) >= 11 is 0. The van der Waals surface area contributed by atoms with Crippen LogP contribution >= 0.6 is 0 Å². The molecule has 0 unspecified atom stereocenters. The molecule has 0 amide bonds. The molecule has 1 saturated heterocycles. The van der Waals surface area contributed by atoms with E-state index in [2.05, 4.69) is 14.0 Å². The number of benzene rings is 4. The van der Waals surface area contributed by atoms with Gasteiger partial charge >= 0.3 is 24.7 Å². The van der Waals surface area contributed by atoms with Crippen molar-refractivity contribution in [1.29, 1.82) is 0 Å². The van der Waals surface area contributed by atoms with Crippen molar-refractivity contribution in [3.05, 3.63) is 119 Å². The predicted molar refractivity (Wildman–Crippen MR) is 189 cm³/mol. The van der Waals surface area contributed by atoms with Crippen LogP contribution in [0, 0.1) is 0 Å². The van der Waals surface area contributed by atoms with E-state index in [9.17, 15) is 52.7 Å². The molecular formula is C40H42BF12N. The van der Waals surface area contributed by atoms with Gasteiger partial charge in [-0.25, -0.2) is 0 Å².